The number of aromatic amines is 1. The lowest BCUT2D eigenvalue weighted by molar-refractivity contribution is -0.385. The van der Waals surface area contributed by atoms with Crippen molar-refractivity contribution >= 4 is 21.6 Å². The lowest BCUT2D eigenvalue weighted by Crippen LogP contribution is -2.13. The fraction of sp³-hybridized carbons (Fsp3) is 0.182. The van der Waals surface area contributed by atoms with Crippen molar-refractivity contribution in [2.45, 2.75) is 13.1 Å². The molecule has 0 saturated heterocycles. The number of hydrogen-bond donors (Lipinski definition) is 2. The molecule has 18 heavy (non-hydrogen) atoms. The molecule has 0 aliphatic heterocycles. The molecule has 0 amide bonds. The van der Waals surface area contributed by atoms with Crippen LogP contribution in [0.1, 0.15) is 11.4 Å². The van der Waals surface area contributed by atoms with Crippen LogP contribution in [0.3, 0.4) is 0 Å². The number of H-pyrrole nitrogens is 1. The van der Waals surface area contributed by atoms with Crippen LogP contribution in [-0.4, -0.2) is 14.9 Å². The summed E-state index contributed by atoms with van der Waals surface area (Å²) >= 11 is 3.15. The normalized spacial score (nSPS) is 10.5. The van der Waals surface area contributed by atoms with E-state index in [1.54, 1.807) is 24.5 Å². The molecule has 0 aliphatic carbocycles. The first-order valence-electron chi connectivity index (χ1n) is 5.28. The Hall–Kier alpha value is -1.73. The highest BCUT2D eigenvalue weighted by Crippen LogP contribution is 2.25. The fourth-order valence-electron chi connectivity index (χ4n) is 1.53. The average Bonchev–Trinajstić information content (AvgIpc) is 2.84. The number of nitrogens with one attached hydrogen (secondary N) is 2. The van der Waals surface area contributed by atoms with Crippen molar-refractivity contribution in [3.05, 3.63) is 56.6 Å². The second kappa shape index (κ2) is 5.74. The molecule has 2 aromatic rings. The first-order valence-corrected chi connectivity index (χ1v) is 6.08. The molecule has 2 N–H and O–H groups in total. The summed E-state index contributed by atoms with van der Waals surface area (Å²) in [7, 11) is 0. The number of rotatable bonds is 5. The SMILES string of the molecule is O=[N+]([O-])c1cc(CNCc2ncc[nH]2)ccc1Br. The molecule has 0 unspecified atom stereocenters. The van der Waals surface area contributed by atoms with E-state index in [-0.39, 0.29) is 5.69 Å². The lowest BCUT2D eigenvalue weighted by Gasteiger charge is -2.04. The maximum absolute atomic E-state index is 10.8. The van der Waals surface area contributed by atoms with Crippen molar-refractivity contribution in [1.82, 2.24) is 15.3 Å². The molecule has 0 saturated carbocycles. The third-order valence-corrected chi connectivity index (χ3v) is 3.05. The van der Waals surface area contributed by atoms with E-state index >= 15 is 0 Å². The summed E-state index contributed by atoms with van der Waals surface area (Å²) in [5, 5.41) is 13.9. The molecule has 1 aromatic heterocycles. The standard InChI is InChI=1S/C11H11BrN4O2/c12-9-2-1-8(5-10(9)16(17)18)6-13-7-11-14-3-4-15-11/h1-5,13H,6-7H2,(H,14,15). The Kier molecular flexibility index (Phi) is 4.06. The Morgan fingerprint density at radius 2 is 2.28 bits per heavy atom. The number of nitrogens with zero attached hydrogens (tertiary/aromatic N) is 2. The van der Waals surface area contributed by atoms with Gasteiger partial charge in [-0.05, 0) is 27.6 Å². The molecule has 2 rings (SSSR count). The molecule has 0 atom stereocenters. The van der Waals surface area contributed by atoms with Gasteiger partial charge in [0, 0.05) is 25.0 Å². The van der Waals surface area contributed by atoms with Crippen molar-refractivity contribution in [3.8, 4) is 0 Å². The van der Waals surface area contributed by atoms with E-state index in [1.807, 2.05) is 6.07 Å². The molecule has 1 heterocycles. The van der Waals surface area contributed by atoms with Crippen LogP contribution in [0, 0.1) is 10.1 Å². The largest absolute Gasteiger partial charge is 0.348 e. The van der Waals surface area contributed by atoms with Crippen LogP contribution in [0.5, 0.6) is 0 Å². The maximum atomic E-state index is 10.8. The van der Waals surface area contributed by atoms with E-state index in [1.165, 1.54) is 0 Å². The second-order valence-corrected chi connectivity index (χ2v) is 4.54. The van der Waals surface area contributed by atoms with E-state index < -0.39 is 4.92 Å². The summed E-state index contributed by atoms with van der Waals surface area (Å²) in [6, 6.07) is 5.08. The van der Waals surface area contributed by atoms with Gasteiger partial charge in [-0.15, -0.1) is 0 Å². The van der Waals surface area contributed by atoms with Gasteiger partial charge in [-0.25, -0.2) is 4.98 Å². The molecular weight excluding hydrogens is 300 g/mol. The van der Waals surface area contributed by atoms with Gasteiger partial charge in [-0.3, -0.25) is 10.1 Å². The fourth-order valence-corrected chi connectivity index (χ4v) is 1.92. The highest BCUT2D eigenvalue weighted by molar-refractivity contribution is 9.10. The Bertz CT molecular complexity index is 542. The Balaban J connectivity index is 1.97. The topological polar surface area (TPSA) is 83.8 Å². The van der Waals surface area contributed by atoms with Crippen molar-refractivity contribution in [3.63, 3.8) is 0 Å². The van der Waals surface area contributed by atoms with E-state index in [4.69, 9.17) is 0 Å². The van der Waals surface area contributed by atoms with E-state index in [0.29, 0.717) is 17.6 Å². The maximum Gasteiger partial charge on any atom is 0.283 e. The van der Waals surface area contributed by atoms with Gasteiger partial charge in [0.1, 0.15) is 5.82 Å². The van der Waals surface area contributed by atoms with Gasteiger partial charge in [-0.2, -0.15) is 0 Å². The van der Waals surface area contributed by atoms with Crippen LogP contribution in [0.15, 0.2) is 35.1 Å². The Morgan fingerprint density at radius 3 is 2.94 bits per heavy atom. The smallest absolute Gasteiger partial charge is 0.283 e. The minimum atomic E-state index is -0.403. The number of benzene rings is 1. The predicted molar refractivity (Wildman–Crippen MR) is 69.9 cm³/mol. The monoisotopic (exact) mass is 310 g/mol. The van der Waals surface area contributed by atoms with Crippen LogP contribution >= 0.6 is 15.9 Å². The molecule has 0 spiro atoms. The van der Waals surface area contributed by atoms with Crippen molar-refractivity contribution in [1.29, 1.82) is 0 Å². The summed E-state index contributed by atoms with van der Waals surface area (Å²) in [6.07, 6.45) is 3.43. The van der Waals surface area contributed by atoms with E-state index in [0.717, 1.165) is 11.4 Å². The van der Waals surface area contributed by atoms with Crippen LogP contribution < -0.4 is 5.32 Å². The van der Waals surface area contributed by atoms with Gasteiger partial charge in [0.15, 0.2) is 0 Å². The third kappa shape index (κ3) is 3.14. The summed E-state index contributed by atoms with van der Waals surface area (Å²) in [6.45, 7) is 1.14. The van der Waals surface area contributed by atoms with Crippen molar-refractivity contribution in [2.75, 3.05) is 0 Å². The average molecular weight is 311 g/mol. The second-order valence-electron chi connectivity index (χ2n) is 3.68. The van der Waals surface area contributed by atoms with Gasteiger partial charge < -0.3 is 10.3 Å². The van der Waals surface area contributed by atoms with Crippen LogP contribution in [-0.2, 0) is 13.1 Å². The summed E-state index contributed by atoms with van der Waals surface area (Å²) in [5.41, 5.74) is 0.934. The van der Waals surface area contributed by atoms with Crippen molar-refractivity contribution < 1.29 is 4.92 Å². The molecule has 0 aliphatic rings. The Labute approximate surface area is 112 Å². The third-order valence-electron chi connectivity index (χ3n) is 2.38. The van der Waals surface area contributed by atoms with E-state index in [9.17, 15) is 10.1 Å². The predicted octanol–water partition coefficient (Wildman–Crippen LogP) is 2.37. The lowest BCUT2D eigenvalue weighted by atomic mass is 10.2. The van der Waals surface area contributed by atoms with Gasteiger partial charge in [0.2, 0.25) is 0 Å². The number of nitro groups is 1. The zero-order valence-electron chi connectivity index (χ0n) is 9.39. The van der Waals surface area contributed by atoms with Gasteiger partial charge >= 0.3 is 0 Å². The number of imidazole rings is 1. The zero-order valence-corrected chi connectivity index (χ0v) is 11.0. The number of nitro benzene ring substituents is 1. The van der Waals surface area contributed by atoms with Crippen LogP contribution in [0.2, 0.25) is 0 Å². The summed E-state index contributed by atoms with van der Waals surface area (Å²) in [4.78, 5) is 17.4. The summed E-state index contributed by atoms with van der Waals surface area (Å²) < 4.78 is 0.488. The number of halogens is 1. The minimum Gasteiger partial charge on any atom is -0.348 e. The van der Waals surface area contributed by atoms with Crippen molar-refractivity contribution in [2.24, 2.45) is 0 Å². The van der Waals surface area contributed by atoms with Gasteiger partial charge in [-0.1, -0.05) is 6.07 Å². The number of aromatic nitrogens is 2. The van der Waals surface area contributed by atoms with Gasteiger partial charge in [0.05, 0.1) is 15.9 Å². The quantitative estimate of drug-likeness (QED) is 0.656. The molecule has 1 aromatic carbocycles. The molecule has 7 heteroatoms. The van der Waals surface area contributed by atoms with Gasteiger partial charge in [0.25, 0.3) is 5.69 Å². The highest BCUT2D eigenvalue weighted by atomic mass is 79.9. The zero-order chi connectivity index (χ0) is 13.0. The minimum absolute atomic E-state index is 0.0762. The molecule has 94 valence electrons. The molecule has 0 bridgehead atoms. The number of hydrogen-bond acceptors (Lipinski definition) is 4. The summed E-state index contributed by atoms with van der Waals surface area (Å²) in [5.74, 6) is 0.835. The van der Waals surface area contributed by atoms with E-state index in [2.05, 4.69) is 31.2 Å². The highest BCUT2D eigenvalue weighted by Gasteiger charge is 2.11. The molecule has 0 radical (unpaired) electrons. The molecule has 0 fully saturated rings. The van der Waals surface area contributed by atoms with Crippen LogP contribution in [0.25, 0.3) is 0 Å². The Morgan fingerprint density at radius 1 is 1.44 bits per heavy atom. The van der Waals surface area contributed by atoms with Crippen LogP contribution in [0.4, 0.5) is 5.69 Å². The first kappa shape index (κ1) is 12.7. The molecule has 6 nitrogen and oxygen atoms in total. The molecular formula is C11H11BrN4O2. The first-order chi connectivity index (χ1) is 8.66.